The number of aliphatic hydroxyl groups excluding tert-OH is 1. The SMILES string of the molecule is O=C(CCc1ccc(C(F)(F)F)cc1)NCC(O)c1ccco1. The maximum atomic E-state index is 12.4. The van der Waals surface area contributed by atoms with E-state index in [1.807, 2.05) is 0 Å². The van der Waals surface area contributed by atoms with Crippen LogP contribution in [0.25, 0.3) is 0 Å². The molecule has 7 heteroatoms. The summed E-state index contributed by atoms with van der Waals surface area (Å²) in [5.74, 6) is 0.0588. The number of hydrogen-bond donors (Lipinski definition) is 2. The van der Waals surface area contributed by atoms with Crippen molar-refractivity contribution in [3.05, 3.63) is 59.5 Å². The number of carbonyl (C=O) groups is 1. The largest absolute Gasteiger partial charge is 0.467 e. The number of carbonyl (C=O) groups excluding carboxylic acids is 1. The topological polar surface area (TPSA) is 62.5 Å². The molecule has 0 saturated carbocycles. The Balaban J connectivity index is 1.76. The number of benzene rings is 1. The van der Waals surface area contributed by atoms with E-state index in [1.165, 1.54) is 18.4 Å². The molecule has 0 saturated heterocycles. The van der Waals surface area contributed by atoms with Crippen LogP contribution in [0.3, 0.4) is 0 Å². The highest BCUT2D eigenvalue weighted by molar-refractivity contribution is 5.76. The van der Waals surface area contributed by atoms with Crippen LogP contribution in [0.4, 0.5) is 13.2 Å². The number of hydrogen-bond acceptors (Lipinski definition) is 3. The maximum Gasteiger partial charge on any atom is 0.416 e. The van der Waals surface area contributed by atoms with Crippen LogP contribution >= 0.6 is 0 Å². The fourth-order valence-electron chi connectivity index (χ4n) is 2.00. The summed E-state index contributed by atoms with van der Waals surface area (Å²) in [7, 11) is 0. The minimum absolute atomic E-state index is 0.0133. The first kappa shape index (κ1) is 17.1. The molecule has 0 aliphatic rings. The zero-order chi connectivity index (χ0) is 16.9. The highest BCUT2D eigenvalue weighted by atomic mass is 19.4. The molecule has 1 aromatic heterocycles. The maximum absolute atomic E-state index is 12.4. The van der Waals surface area contributed by atoms with E-state index in [2.05, 4.69) is 5.32 Å². The summed E-state index contributed by atoms with van der Waals surface area (Å²) >= 11 is 0. The molecule has 4 nitrogen and oxygen atoms in total. The Bertz CT molecular complexity index is 621. The van der Waals surface area contributed by atoms with E-state index in [-0.39, 0.29) is 18.9 Å². The summed E-state index contributed by atoms with van der Waals surface area (Å²) in [5.41, 5.74) is -0.0768. The van der Waals surface area contributed by atoms with E-state index in [9.17, 15) is 23.1 Å². The lowest BCUT2D eigenvalue weighted by Crippen LogP contribution is -2.28. The average Bonchev–Trinajstić information content (AvgIpc) is 3.04. The monoisotopic (exact) mass is 327 g/mol. The third-order valence-electron chi connectivity index (χ3n) is 3.29. The molecule has 23 heavy (non-hydrogen) atoms. The molecular weight excluding hydrogens is 311 g/mol. The third kappa shape index (κ3) is 5.14. The number of nitrogens with one attached hydrogen (secondary N) is 1. The number of aryl methyl sites for hydroxylation is 1. The van der Waals surface area contributed by atoms with Crippen LogP contribution in [0.1, 0.15) is 29.4 Å². The van der Waals surface area contributed by atoms with Crippen LogP contribution < -0.4 is 5.32 Å². The zero-order valence-electron chi connectivity index (χ0n) is 12.1. The van der Waals surface area contributed by atoms with Gasteiger partial charge in [0.1, 0.15) is 11.9 Å². The van der Waals surface area contributed by atoms with Gasteiger partial charge < -0.3 is 14.8 Å². The van der Waals surface area contributed by atoms with Gasteiger partial charge in [-0.25, -0.2) is 0 Å². The van der Waals surface area contributed by atoms with E-state index in [1.54, 1.807) is 12.1 Å². The molecular formula is C16H16F3NO3. The van der Waals surface area contributed by atoms with Gasteiger partial charge in [0.2, 0.25) is 5.91 Å². The summed E-state index contributed by atoms with van der Waals surface area (Å²) in [6, 6.07) is 7.92. The third-order valence-corrected chi connectivity index (χ3v) is 3.29. The van der Waals surface area contributed by atoms with Gasteiger partial charge in [-0.15, -0.1) is 0 Å². The van der Waals surface area contributed by atoms with Crippen molar-refractivity contribution in [3.8, 4) is 0 Å². The Morgan fingerprint density at radius 2 is 1.91 bits per heavy atom. The molecule has 1 amide bonds. The normalized spacial score (nSPS) is 12.9. The molecule has 0 spiro atoms. The molecule has 124 valence electrons. The fourth-order valence-corrected chi connectivity index (χ4v) is 2.00. The van der Waals surface area contributed by atoms with Gasteiger partial charge in [-0.05, 0) is 36.2 Å². The zero-order valence-corrected chi connectivity index (χ0v) is 12.1. The highest BCUT2D eigenvalue weighted by Crippen LogP contribution is 2.29. The number of amides is 1. The van der Waals surface area contributed by atoms with Crippen molar-refractivity contribution in [2.24, 2.45) is 0 Å². The Hall–Kier alpha value is -2.28. The second-order valence-electron chi connectivity index (χ2n) is 5.03. The van der Waals surface area contributed by atoms with Crippen LogP contribution in [-0.4, -0.2) is 17.6 Å². The minimum atomic E-state index is -4.36. The van der Waals surface area contributed by atoms with Crippen LogP contribution in [0, 0.1) is 0 Å². The van der Waals surface area contributed by atoms with Gasteiger partial charge in [-0.3, -0.25) is 4.79 Å². The summed E-state index contributed by atoms with van der Waals surface area (Å²) < 4.78 is 42.3. The summed E-state index contributed by atoms with van der Waals surface area (Å²) in [6.45, 7) is 0.0133. The number of alkyl halides is 3. The van der Waals surface area contributed by atoms with E-state index in [0.717, 1.165) is 12.1 Å². The van der Waals surface area contributed by atoms with Gasteiger partial charge in [0.15, 0.2) is 0 Å². The van der Waals surface area contributed by atoms with Crippen LogP contribution in [0.2, 0.25) is 0 Å². The first-order valence-corrected chi connectivity index (χ1v) is 7.00. The molecule has 0 radical (unpaired) electrons. The highest BCUT2D eigenvalue weighted by Gasteiger charge is 2.29. The molecule has 1 atom stereocenters. The van der Waals surface area contributed by atoms with Crippen LogP contribution in [0.5, 0.6) is 0 Å². The molecule has 1 heterocycles. The predicted molar refractivity (Wildman–Crippen MR) is 76.4 cm³/mol. The molecule has 2 aromatic rings. The number of halogens is 3. The van der Waals surface area contributed by atoms with Crippen molar-refractivity contribution in [2.75, 3.05) is 6.54 Å². The number of rotatable bonds is 6. The lowest BCUT2D eigenvalue weighted by atomic mass is 10.1. The average molecular weight is 327 g/mol. The summed E-state index contributed by atoms with van der Waals surface area (Å²) in [6.07, 6.45) is -3.43. The first-order valence-electron chi connectivity index (χ1n) is 7.00. The molecule has 2 rings (SSSR count). The molecule has 0 aliphatic heterocycles. The van der Waals surface area contributed by atoms with Crippen LogP contribution in [0.15, 0.2) is 47.1 Å². The minimum Gasteiger partial charge on any atom is -0.467 e. The van der Waals surface area contributed by atoms with Gasteiger partial charge in [0.25, 0.3) is 0 Å². The Labute approximate surface area is 130 Å². The van der Waals surface area contributed by atoms with E-state index in [0.29, 0.717) is 17.7 Å². The first-order chi connectivity index (χ1) is 10.9. The van der Waals surface area contributed by atoms with Crippen molar-refractivity contribution in [1.29, 1.82) is 0 Å². The second kappa shape index (κ2) is 7.32. The lowest BCUT2D eigenvalue weighted by Gasteiger charge is -2.10. The second-order valence-corrected chi connectivity index (χ2v) is 5.03. The van der Waals surface area contributed by atoms with Crippen molar-refractivity contribution in [1.82, 2.24) is 5.32 Å². The number of furan rings is 1. The molecule has 1 unspecified atom stereocenters. The van der Waals surface area contributed by atoms with Gasteiger partial charge in [0.05, 0.1) is 18.4 Å². The predicted octanol–water partition coefficient (Wildman–Crippen LogP) is 3.08. The van der Waals surface area contributed by atoms with Gasteiger partial charge >= 0.3 is 6.18 Å². The Kier molecular flexibility index (Phi) is 5.44. The number of aliphatic hydroxyl groups is 1. The van der Waals surface area contributed by atoms with Gasteiger partial charge in [-0.2, -0.15) is 13.2 Å². The Morgan fingerprint density at radius 1 is 1.22 bits per heavy atom. The molecule has 0 bridgehead atoms. The summed E-state index contributed by atoms with van der Waals surface area (Å²) in [4.78, 5) is 11.7. The van der Waals surface area contributed by atoms with Crippen molar-refractivity contribution >= 4 is 5.91 Å². The lowest BCUT2D eigenvalue weighted by molar-refractivity contribution is -0.137. The molecule has 0 fully saturated rings. The van der Waals surface area contributed by atoms with Crippen LogP contribution in [-0.2, 0) is 17.4 Å². The molecule has 0 aliphatic carbocycles. The van der Waals surface area contributed by atoms with E-state index >= 15 is 0 Å². The smallest absolute Gasteiger partial charge is 0.416 e. The Morgan fingerprint density at radius 3 is 2.48 bits per heavy atom. The van der Waals surface area contributed by atoms with E-state index < -0.39 is 17.8 Å². The quantitative estimate of drug-likeness (QED) is 0.857. The van der Waals surface area contributed by atoms with Crippen molar-refractivity contribution < 1.29 is 27.5 Å². The molecule has 1 aromatic carbocycles. The van der Waals surface area contributed by atoms with Gasteiger partial charge in [0, 0.05) is 6.42 Å². The summed E-state index contributed by atoms with van der Waals surface area (Å²) in [5, 5.41) is 12.3. The van der Waals surface area contributed by atoms with Gasteiger partial charge in [-0.1, -0.05) is 12.1 Å². The van der Waals surface area contributed by atoms with Crippen molar-refractivity contribution in [3.63, 3.8) is 0 Å². The fraction of sp³-hybridized carbons (Fsp3) is 0.312. The van der Waals surface area contributed by atoms with Crippen molar-refractivity contribution in [2.45, 2.75) is 25.1 Å². The van der Waals surface area contributed by atoms with E-state index in [4.69, 9.17) is 4.42 Å². The standard InChI is InChI=1S/C16H16F3NO3/c17-16(18,19)12-6-3-11(4-7-12)5-8-15(22)20-10-13(21)14-2-1-9-23-14/h1-4,6-7,9,13,21H,5,8,10H2,(H,20,22). The molecule has 2 N–H and O–H groups in total.